The standard InChI is InChI=1S/C28H29N5O5S.C20H27N3O6.C9H6N2S/c1-17-14-18(8-10-21(17)29-7)32-24(34)28(5,6)33(25(32)39)19-9-11-22-20(15-19)23(31-16-30-22)36-12-13-37-26(35)38-27(2,3)4;1-19(2,3)29-18(25)28-10-9-27-16-14-11-13(7-8-15(14)21-12-22-16)23-20(4,5)17(24)26-6;1-7-5-8(11-6-12)3-4-9(7)10-2/h8-11,14-16H,12-13H2,1-6H3;7-8,11-12,23H,9-10H2,1-6H3;3-5H,1H3. The van der Waals surface area contributed by atoms with Crippen LogP contribution in [-0.2, 0) is 33.3 Å². The van der Waals surface area contributed by atoms with Crippen LogP contribution < -0.4 is 24.6 Å². The number of aliphatic imine (C=N–C) groups is 1. The highest BCUT2D eigenvalue weighted by atomic mass is 32.1. The zero-order valence-electron chi connectivity index (χ0n) is 46.7. The summed E-state index contributed by atoms with van der Waals surface area (Å²) >= 11 is 10.3. The van der Waals surface area contributed by atoms with E-state index in [-0.39, 0.29) is 32.3 Å². The second-order valence-corrected chi connectivity index (χ2v) is 21.1. The number of carbonyl (C=O) groups excluding carboxylic acids is 4. The zero-order valence-corrected chi connectivity index (χ0v) is 48.4. The summed E-state index contributed by atoms with van der Waals surface area (Å²) in [5, 5.41) is 6.96. The fourth-order valence-corrected chi connectivity index (χ4v) is 8.13. The Balaban J connectivity index is 0.000000250. The number of methoxy groups -OCH3 is 1. The van der Waals surface area contributed by atoms with Crippen molar-refractivity contribution in [2.45, 2.75) is 105 Å². The van der Waals surface area contributed by atoms with Gasteiger partial charge in [-0.15, -0.1) is 0 Å². The minimum Gasteiger partial charge on any atom is -0.474 e. The van der Waals surface area contributed by atoms with E-state index in [1.54, 1.807) is 129 Å². The quantitative estimate of drug-likeness (QED) is 0.0267. The number of rotatable bonds is 14. The normalized spacial score (nSPS) is 12.7. The van der Waals surface area contributed by atoms with Crippen molar-refractivity contribution in [3.63, 3.8) is 0 Å². The van der Waals surface area contributed by atoms with E-state index in [1.165, 1.54) is 24.7 Å². The Kier molecular flexibility index (Phi) is 20.6. The van der Waals surface area contributed by atoms with Crippen LogP contribution in [0.1, 0.15) is 80.4 Å². The van der Waals surface area contributed by atoms with E-state index in [4.69, 9.17) is 58.5 Å². The first-order valence-electron chi connectivity index (χ1n) is 24.7. The average molecular weight is 1130 g/mol. The van der Waals surface area contributed by atoms with E-state index >= 15 is 0 Å². The zero-order chi connectivity index (χ0) is 59.2. The molecule has 3 heterocycles. The summed E-state index contributed by atoms with van der Waals surface area (Å²) in [5.41, 5.74) is 3.65. The average Bonchev–Trinajstić information content (AvgIpc) is 3.58. The van der Waals surface area contributed by atoms with Crippen molar-refractivity contribution in [2.75, 3.05) is 48.7 Å². The number of benzene rings is 4. The number of nitrogens with one attached hydrogen (secondary N) is 1. The molecule has 0 spiro atoms. The van der Waals surface area contributed by atoms with E-state index < -0.39 is 40.6 Å². The van der Waals surface area contributed by atoms with Crippen LogP contribution >= 0.6 is 24.4 Å². The predicted molar refractivity (Wildman–Crippen MR) is 310 cm³/mol. The molecule has 6 aromatic rings. The van der Waals surface area contributed by atoms with Crippen LogP contribution in [0.15, 0.2) is 90.4 Å². The number of ether oxygens (including phenoxy) is 7. The van der Waals surface area contributed by atoms with Crippen molar-refractivity contribution >= 4 is 115 Å². The van der Waals surface area contributed by atoms with Gasteiger partial charge in [0.05, 0.1) is 52.9 Å². The molecule has 4 aromatic carbocycles. The Labute approximate surface area is 475 Å². The highest BCUT2D eigenvalue weighted by Gasteiger charge is 2.50. The Morgan fingerprint density at radius 3 is 1.69 bits per heavy atom. The number of fused-ring (bicyclic) bond motifs is 2. The lowest BCUT2D eigenvalue weighted by molar-refractivity contribution is -0.144. The number of aromatic nitrogens is 4. The fourth-order valence-electron chi connectivity index (χ4n) is 7.50. The molecule has 23 heteroatoms. The number of aryl methyl sites for hydroxylation is 2. The molecule has 1 amide bonds. The lowest BCUT2D eigenvalue weighted by atomic mass is 10.0. The molecule has 0 unspecified atom stereocenters. The van der Waals surface area contributed by atoms with Gasteiger partial charge >= 0.3 is 18.3 Å². The third-order valence-electron chi connectivity index (χ3n) is 11.2. The number of nitrogens with zero attached hydrogens (tertiary/aromatic N) is 9. The molecule has 0 atom stereocenters. The van der Waals surface area contributed by atoms with Crippen LogP contribution in [0.25, 0.3) is 31.5 Å². The Hall–Kier alpha value is -8.89. The van der Waals surface area contributed by atoms with Crippen molar-refractivity contribution in [3.8, 4) is 11.8 Å². The van der Waals surface area contributed by atoms with Crippen LogP contribution in [0.2, 0.25) is 0 Å². The molecule has 418 valence electrons. The lowest BCUT2D eigenvalue weighted by Gasteiger charge is -2.29. The molecule has 0 bridgehead atoms. The Bertz CT molecular complexity index is 3430. The van der Waals surface area contributed by atoms with Gasteiger partial charge in [0.1, 0.15) is 61.4 Å². The largest absolute Gasteiger partial charge is 0.508 e. The summed E-state index contributed by atoms with van der Waals surface area (Å²) in [6.07, 6.45) is 1.23. The molecule has 0 saturated carbocycles. The fraction of sp³-hybridized carbons (Fsp3) is 0.368. The predicted octanol–water partition coefficient (Wildman–Crippen LogP) is 12.3. The minimum absolute atomic E-state index is 0.00766. The Morgan fingerprint density at radius 1 is 0.700 bits per heavy atom. The monoisotopic (exact) mass is 1130 g/mol. The summed E-state index contributed by atoms with van der Waals surface area (Å²) in [5.74, 6) is 0.0497. The molecule has 21 nitrogen and oxygen atoms in total. The van der Waals surface area contributed by atoms with E-state index in [9.17, 15) is 19.2 Å². The Morgan fingerprint density at radius 2 is 1.20 bits per heavy atom. The molecule has 1 N–H and O–H groups in total. The smallest absolute Gasteiger partial charge is 0.474 e. The number of carbonyl (C=O) groups is 4. The molecule has 2 aromatic heterocycles. The molecule has 1 fully saturated rings. The topological polar surface area (TPSA) is 224 Å². The maximum Gasteiger partial charge on any atom is 0.508 e. The minimum atomic E-state index is -0.991. The van der Waals surface area contributed by atoms with Gasteiger partial charge in [0.2, 0.25) is 11.8 Å². The third kappa shape index (κ3) is 16.6. The SMILES string of the molecule is COC(=O)C(C)(C)Nc1ccc2ncnc(OCCOC(=O)OC(C)(C)C)c2c1.[C-]#[N+]c1ccc(N2C(=O)C(C)(C)N(c3ccc4ncnc(OCCOC(=O)OC(C)(C)C)c4c3)C2=S)cc1C.[C-]#[N+]c1ccc(N=C=S)cc1C. The summed E-state index contributed by atoms with van der Waals surface area (Å²) in [4.78, 5) is 79.7. The molecule has 0 radical (unpaired) electrons. The third-order valence-corrected chi connectivity index (χ3v) is 11.6. The van der Waals surface area contributed by atoms with E-state index in [2.05, 4.69) is 57.3 Å². The molecule has 7 rings (SSSR count). The van der Waals surface area contributed by atoms with Crippen molar-refractivity contribution in [3.05, 3.63) is 119 Å². The second-order valence-electron chi connectivity index (χ2n) is 20.5. The number of thiocarbonyl (C=S) groups is 2. The first-order valence-corrected chi connectivity index (χ1v) is 25.5. The summed E-state index contributed by atoms with van der Waals surface area (Å²) in [6, 6.07) is 21.3. The van der Waals surface area contributed by atoms with Crippen LogP contribution in [-0.4, -0.2) is 110 Å². The maximum absolute atomic E-state index is 13.6. The van der Waals surface area contributed by atoms with Crippen molar-refractivity contribution in [2.24, 2.45) is 4.99 Å². The number of hydrogen-bond donors (Lipinski definition) is 1. The van der Waals surface area contributed by atoms with Crippen LogP contribution in [0.4, 0.5) is 43.7 Å². The second kappa shape index (κ2) is 26.6. The lowest BCUT2D eigenvalue weighted by Crippen LogP contribution is -2.44. The summed E-state index contributed by atoms with van der Waals surface area (Å²) in [7, 11) is 1.34. The maximum atomic E-state index is 13.6. The number of hydrogen-bond acceptors (Lipinski definition) is 19. The van der Waals surface area contributed by atoms with E-state index in [0.717, 1.165) is 16.8 Å². The number of esters is 1. The van der Waals surface area contributed by atoms with Gasteiger partial charge in [-0.05, 0) is 179 Å². The molecular weight excluding hydrogens is 1060 g/mol. The van der Waals surface area contributed by atoms with Gasteiger partial charge in [0.25, 0.3) is 5.91 Å². The van der Waals surface area contributed by atoms with Gasteiger partial charge in [-0.3, -0.25) is 9.69 Å². The van der Waals surface area contributed by atoms with Gasteiger partial charge in [0, 0.05) is 17.1 Å². The summed E-state index contributed by atoms with van der Waals surface area (Å²) in [6.45, 7) is 35.5. The molecule has 1 aliphatic heterocycles. The van der Waals surface area contributed by atoms with Gasteiger partial charge in [-0.25, -0.2) is 44.0 Å². The highest BCUT2D eigenvalue weighted by molar-refractivity contribution is 7.81. The summed E-state index contributed by atoms with van der Waals surface area (Å²) < 4.78 is 36.5. The first-order chi connectivity index (χ1) is 37.6. The van der Waals surface area contributed by atoms with Crippen LogP contribution in [0.5, 0.6) is 11.8 Å². The van der Waals surface area contributed by atoms with E-state index in [0.29, 0.717) is 67.1 Å². The van der Waals surface area contributed by atoms with Gasteiger partial charge in [-0.2, -0.15) is 4.99 Å². The van der Waals surface area contributed by atoms with Crippen molar-refractivity contribution < 1.29 is 52.3 Å². The highest BCUT2D eigenvalue weighted by Crippen LogP contribution is 2.39. The first kappa shape index (κ1) is 62.0. The molecule has 1 aliphatic rings. The van der Waals surface area contributed by atoms with E-state index in [1.807, 2.05) is 32.0 Å². The number of isothiocyanates is 1. The number of amides is 1. The van der Waals surface area contributed by atoms with Crippen LogP contribution in [0.3, 0.4) is 0 Å². The molecule has 0 aliphatic carbocycles. The number of anilines is 3. The van der Waals surface area contributed by atoms with Crippen molar-refractivity contribution in [1.82, 2.24) is 19.9 Å². The van der Waals surface area contributed by atoms with Gasteiger partial charge in [-0.1, -0.05) is 12.1 Å². The molecular formula is C57H62N10O11S2. The van der Waals surface area contributed by atoms with Crippen LogP contribution in [0, 0.1) is 27.0 Å². The van der Waals surface area contributed by atoms with Gasteiger partial charge < -0.3 is 43.4 Å². The van der Waals surface area contributed by atoms with Crippen molar-refractivity contribution in [1.29, 1.82) is 0 Å². The molecule has 1 saturated heterocycles. The van der Waals surface area contributed by atoms with Gasteiger partial charge in [0.15, 0.2) is 16.5 Å². The molecule has 80 heavy (non-hydrogen) atoms.